The van der Waals surface area contributed by atoms with Gasteiger partial charge in [-0.25, -0.2) is 0 Å². The Morgan fingerprint density at radius 3 is 2.50 bits per heavy atom. The number of nitrogens with one attached hydrogen (secondary N) is 1. The maximum absolute atomic E-state index is 4.22. The van der Waals surface area contributed by atoms with Crippen LogP contribution in [0.15, 0.2) is 50.1 Å². The van der Waals surface area contributed by atoms with E-state index in [4.69, 9.17) is 0 Å². The molecule has 1 N–H and O–H groups in total. The van der Waals surface area contributed by atoms with Crippen LogP contribution < -0.4 is 5.32 Å². The Hall–Kier alpha value is -0.230. The maximum atomic E-state index is 4.22. The van der Waals surface area contributed by atoms with Crippen molar-refractivity contribution >= 4 is 47.8 Å². The first-order valence-corrected chi connectivity index (χ1v) is 7.72. The summed E-state index contributed by atoms with van der Waals surface area (Å²) >= 11 is 10.6. The zero-order valence-electron chi connectivity index (χ0n) is 9.62. The second-order valence-corrected chi connectivity index (χ2v) is 6.51. The minimum absolute atomic E-state index is 0.0990. The second kappa shape index (κ2) is 6.28. The highest BCUT2D eigenvalue weighted by Crippen LogP contribution is 2.31. The number of aromatic nitrogens is 1. The molecule has 0 saturated heterocycles. The van der Waals surface area contributed by atoms with Crippen LogP contribution in [0.5, 0.6) is 0 Å². The molecule has 1 atom stereocenters. The SMILES string of the molecule is CNC(c1cncc(Br)c1)c1cc(Br)ccc1Br. The van der Waals surface area contributed by atoms with Crippen LogP contribution in [0.2, 0.25) is 0 Å². The third-order valence-electron chi connectivity index (χ3n) is 2.62. The average Bonchev–Trinajstić information content (AvgIpc) is 2.35. The fraction of sp³-hybridized carbons (Fsp3) is 0.154. The number of nitrogens with zero attached hydrogens (tertiary/aromatic N) is 1. The zero-order chi connectivity index (χ0) is 13.1. The number of hydrogen-bond donors (Lipinski definition) is 1. The molecule has 0 aliphatic heterocycles. The van der Waals surface area contributed by atoms with Crippen molar-refractivity contribution in [1.29, 1.82) is 0 Å². The van der Waals surface area contributed by atoms with E-state index in [1.54, 1.807) is 6.20 Å². The molecule has 1 unspecified atom stereocenters. The summed E-state index contributed by atoms with van der Waals surface area (Å²) < 4.78 is 3.11. The van der Waals surface area contributed by atoms with Gasteiger partial charge in [-0.05, 0) is 58.4 Å². The van der Waals surface area contributed by atoms with Crippen molar-refractivity contribution in [2.75, 3.05) is 7.05 Å². The van der Waals surface area contributed by atoms with Crippen LogP contribution in [-0.4, -0.2) is 12.0 Å². The van der Waals surface area contributed by atoms with Crippen molar-refractivity contribution in [2.45, 2.75) is 6.04 Å². The molecule has 0 bridgehead atoms. The lowest BCUT2D eigenvalue weighted by molar-refractivity contribution is 0.685. The Labute approximate surface area is 132 Å². The van der Waals surface area contributed by atoms with E-state index >= 15 is 0 Å². The Morgan fingerprint density at radius 1 is 1.06 bits per heavy atom. The van der Waals surface area contributed by atoms with Crippen LogP contribution in [0, 0.1) is 0 Å². The van der Waals surface area contributed by atoms with Crippen LogP contribution in [0.25, 0.3) is 0 Å². The Morgan fingerprint density at radius 2 is 1.83 bits per heavy atom. The van der Waals surface area contributed by atoms with Gasteiger partial charge in [0.25, 0.3) is 0 Å². The molecular weight excluding hydrogens is 424 g/mol. The first kappa shape index (κ1) is 14.2. The molecule has 1 aromatic heterocycles. The summed E-state index contributed by atoms with van der Waals surface area (Å²) in [6.45, 7) is 0. The molecular formula is C13H11Br3N2. The quantitative estimate of drug-likeness (QED) is 0.758. The van der Waals surface area contributed by atoms with Crippen LogP contribution in [0.3, 0.4) is 0 Å². The van der Waals surface area contributed by atoms with Gasteiger partial charge in [0, 0.05) is 25.8 Å². The van der Waals surface area contributed by atoms with E-state index in [2.05, 4.69) is 70.2 Å². The van der Waals surface area contributed by atoms with E-state index in [0.717, 1.165) is 19.0 Å². The van der Waals surface area contributed by atoms with E-state index in [1.165, 1.54) is 5.56 Å². The van der Waals surface area contributed by atoms with E-state index in [9.17, 15) is 0 Å². The third kappa shape index (κ3) is 3.20. The van der Waals surface area contributed by atoms with Crippen LogP contribution in [0.1, 0.15) is 17.2 Å². The molecule has 0 fully saturated rings. The highest BCUT2D eigenvalue weighted by Gasteiger charge is 2.15. The predicted octanol–water partition coefficient (Wildman–Crippen LogP) is 4.68. The van der Waals surface area contributed by atoms with Gasteiger partial charge in [0.1, 0.15) is 0 Å². The van der Waals surface area contributed by atoms with Crippen LogP contribution >= 0.6 is 47.8 Å². The van der Waals surface area contributed by atoms with E-state index in [1.807, 2.05) is 25.4 Å². The second-order valence-electron chi connectivity index (χ2n) is 3.82. The normalized spacial score (nSPS) is 12.4. The third-order valence-corrected chi connectivity index (χ3v) is 4.27. The molecule has 0 aliphatic carbocycles. The molecule has 18 heavy (non-hydrogen) atoms. The predicted molar refractivity (Wildman–Crippen MR) is 84.7 cm³/mol. The zero-order valence-corrected chi connectivity index (χ0v) is 14.4. The number of halogens is 3. The maximum Gasteiger partial charge on any atom is 0.0601 e. The lowest BCUT2D eigenvalue weighted by Crippen LogP contribution is -2.18. The number of hydrogen-bond acceptors (Lipinski definition) is 2. The highest BCUT2D eigenvalue weighted by molar-refractivity contribution is 9.11. The summed E-state index contributed by atoms with van der Waals surface area (Å²) in [5, 5.41) is 3.32. The average molecular weight is 435 g/mol. The van der Waals surface area contributed by atoms with Crippen molar-refractivity contribution in [3.05, 3.63) is 61.2 Å². The standard InChI is InChI=1S/C13H11Br3N2/c1-17-13(8-4-10(15)7-18-6-8)11-5-9(14)2-3-12(11)16/h2-7,13,17H,1H3. The smallest absolute Gasteiger partial charge is 0.0601 e. The number of pyridine rings is 1. The molecule has 0 aliphatic rings. The Balaban J connectivity index is 2.48. The summed E-state index contributed by atoms with van der Waals surface area (Å²) in [6, 6.07) is 8.32. The summed E-state index contributed by atoms with van der Waals surface area (Å²) in [5.41, 5.74) is 2.29. The molecule has 2 rings (SSSR count). The minimum Gasteiger partial charge on any atom is -0.309 e. The van der Waals surface area contributed by atoms with E-state index in [0.29, 0.717) is 0 Å². The molecule has 2 aromatic rings. The molecule has 1 aromatic carbocycles. The minimum atomic E-state index is 0.0990. The monoisotopic (exact) mass is 432 g/mol. The largest absolute Gasteiger partial charge is 0.309 e. The van der Waals surface area contributed by atoms with Crippen molar-refractivity contribution in [3.63, 3.8) is 0 Å². The van der Waals surface area contributed by atoms with Crippen molar-refractivity contribution in [2.24, 2.45) is 0 Å². The van der Waals surface area contributed by atoms with E-state index in [-0.39, 0.29) is 6.04 Å². The first-order chi connectivity index (χ1) is 8.61. The molecule has 5 heteroatoms. The highest BCUT2D eigenvalue weighted by atomic mass is 79.9. The summed E-state index contributed by atoms with van der Waals surface area (Å²) in [5.74, 6) is 0. The van der Waals surface area contributed by atoms with Gasteiger partial charge in [0.15, 0.2) is 0 Å². The molecule has 0 saturated carbocycles. The fourth-order valence-electron chi connectivity index (χ4n) is 1.82. The van der Waals surface area contributed by atoms with Crippen LogP contribution in [-0.2, 0) is 0 Å². The van der Waals surface area contributed by atoms with Gasteiger partial charge in [0.2, 0.25) is 0 Å². The summed E-state index contributed by atoms with van der Waals surface area (Å²) in [6.07, 6.45) is 3.66. The van der Waals surface area contributed by atoms with Gasteiger partial charge in [-0.3, -0.25) is 4.98 Å². The summed E-state index contributed by atoms with van der Waals surface area (Å²) in [7, 11) is 1.94. The van der Waals surface area contributed by atoms with Gasteiger partial charge < -0.3 is 5.32 Å². The van der Waals surface area contributed by atoms with Gasteiger partial charge in [-0.1, -0.05) is 31.9 Å². The van der Waals surface area contributed by atoms with Crippen molar-refractivity contribution in [3.8, 4) is 0 Å². The van der Waals surface area contributed by atoms with Crippen LogP contribution in [0.4, 0.5) is 0 Å². The molecule has 0 amide bonds. The lowest BCUT2D eigenvalue weighted by atomic mass is 10.0. The van der Waals surface area contributed by atoms with Gasteiger partial charge in [0.05, 0.1) is 6.04 Å². The summed E-state index contributed by atoms with van der Waals surface area (Å²) in [4.78, 5) is 4.22. The van der Waals surface area contributed by atoms with Crippen molar-refractivity contribution in [1.82, 2.24) is 10.3 Å². The molecule has 94 valence electrons. The number of benzene rings is 1. The molecule has 1 heterocycles. The topological polar surface area (TPSA) is 24.9 Å². The molecule has 0 radical (unpaired) electrons. The molecule has 2 nitrogen and oxygen atoms in total. The van der Waals surface area contributed by atoms with Gasteiger partial charge in [-0.15, -0.1) is 0 Å². The lowest BCUT2D eigenvalue weighted by Gasteiger charge is -2.19. The number of rotatable bonds is 3. The van der Waals surface area contributed by atoms with Gasteiger partial charge in [-0.2, -0.15) is 0 Å². The molecule has 0 spiro atoms. The first-order valence-electron chi connectivity index (χ1n) is 5.34. The van der Waals surface area contributed by atoms with Crippen molar-refractivity contribution < 1.29 is 0 Å². The fourth-order valence-corrected chi connectivity index (χ4v) is 3.06. The Kier molecular flexibility index (Phi) is 4.95. The van der Waals surface area contributed by atoms with E-state index < -0.39 is 0 Å². The van der Waals surface area contributed by atoms with Gasteiger partial charge >= 0.3 is 0 Å². The Bertz CT molecular complexity index is 558.